The molecule has 1 fully saturated rings. The fourth-order valence-corrected chi connectivity index (χ4v) is 4.93. The largest absolute Gasteiger partial charge is 0.341 e. The Hall–Kier alpha value is -3.58. The number of thioether (sulfide) groups is 1. The number of carbonyl (C=O) groups is 3. The normalized spacial score (nSPS) is 14.0. The predicted molar refractivity (Wildman–Crippen MR) is 128 cm³/mol. The van der Waals surface area contributed by atoms with Gasteiger partial charge in [-0.05, 0) is 48.9 Å². The van der Waals surface area contributed by atoms with Crippen molar-refractivity contribution in [2.24, 2.45) is 0 Å². The van der Waals surface area contributed by atoms with E-state index in [1.807, 2.05) is 36.4 Å². The number of amides is 3. The molecule has 1 N–H and O–H groups in total. The van der Waals surface area contributed by atoms with Crippen molar-refractivity contribution in [1.29, 1.82) is 0 Å². The summed E-state index contributed by atoms with van der Waals surface area (Å²) in [5.41, 5.74) is 4.23. The molecule has 160 valence electrons. The summed E-state index contributed by atoms with van der Waals surface area (Å²) < 4.78 is 2.26. The van der Waals surface area contributed by atoms with E-state index in [2.05, 4.69) is 28.9 Å². The zero-order valence-corrected chi connectivity index (χ0v) is 18.3. The highest BCUT2D eigenvalue weighted by Crippen LogP contribution is 2.31. The number of imide groups is 1. The standard InChI is InChI=1S/C25H21N3O3S/c1-2-27-21-9-4-3-8-19(21)20-13-18(10-11-22(20)27)26-24(30)17-7-5-6-16(12-17)14-28-23(29)15-32-25(28)31/h3-13H,2,14-15H2,1H3,(H,26,30). The van der Waals surface area contributed by atoms with Gasteiger partial charge < -0.3 is 9.88 Å². The molecule has 0 spiro atoms. The minimum Gasteiger partial charge on any atom is -0.341 e. The fraction of sp³-hybridized carbons (Fsp3) is 0.160. The van der Waals surface area contributed by atoms with E-state index in [1.165, 1.54) is 10.4 Å². The highest BCUT2D eigenvalue weighted by molar-refractivity contribution is 8.14. The Morgan fingerprint density at radius 3 is 2.56 bits per heavy atom. The van der Waals surface area contributed by atoms with Crippen molar-refractivity contribution in [1.82, 2.24) is 9.47 Å². The van der Waals surface area contributed by atoms with E-state index in [0.717, 1.165) is 40.2 Å². The minimum absolute atomic E-state index is 0.175. The zero-order valence-electron chi connectivity index (χ0n) is 17.5. The number of hydrogen-bond donors (Lipinski definition) is 1. The molecule has 3 amide bonds. The molecule has 6 nitrogen and oxygen atoms in total. The molecule has 1 aliphatic rings. The third-order valence-corrected chi connectivity index (χ3v) is 6.58. The number of rotatable bonds is 5. The van der Waals surface area contributed by atoms with Crippen LogP contribution in [0.1, 0.15) is 22.8 Å². The van der Waals surface area contributed by atoms with Gasteiger partial charge in [0, 0.05) is 39.6 Å². The lowest BCUT2D eigenvalue weighted by molar-refractivity contribution is -0.125. The van der Waals surface area contributed by atoms with Crippen molar-refractivity contribution in [3.8, 4) is 0 Å². The SMILES string of the molecule is CCn1c2ccccc2c2cc(NC(=O)c3cccc(CN4C(=O)CSC4=O)c3)ccc21. The number of fused-ring (bicyclic) bond motifs is 3. The summed E-state index contributed by atoms with van der Waals surface area (Å²) in [4.78, 5) is 37.9. The van der Waals surface area contributed by atoms with Crippen LogP contribution in [0.2, 0.25) is 0 Å². The van der Waals surface area contributed by atoms with E-state index in [4.69, 9.17) is 0 Å². The quantitative estimate of drug-likeness (QED) is 0.457. The van der Waals surface area contributed by atoms with E-state index in [-0.39, 0.29) is 29.4 Å². The van der Waals surface area contributed by atoms with Crippen LogP contribution in [0, 0.1) is 0 Å². The number of hydrogen-bond acceptors (Lipinski definition) is 4. The number of nitrogens with zero attached hydrogens (tertiary/aromatic N) is 2. The van der Waals surface area contributed by atoms with Crippen molar-refractivity contribution in [2.75, 3.05) is 11.1 Å². The van der Waals surface area contributed by atoms with Crippen LogP contribution < -0.4 is 5.32 Å². The van der Waals surface area contributed by atoms with Crippen molar-refractivity contribution in [3.05, 3.63) is 77.9 Å². The van der Waals surface area contributed by atoms with Crippen LogP contribution in [-0.2, 0) is 17.9 Å². The maximum absolute atomic E-state index is 12.9. The van der Waals surface area contributed by atoms with Crippen LogP contribution in [-0.4, -0.2) is 32.3 Å². The smallest absolute Gasteiger partial charge is 0.289 e. The third-order valence-electron chi connectivity index (χ3n) is 5.72. The van der Waals surface area contributed by atoms with Gasteiger partial charge in [0.2, 0.25) is 5.91 Å². The summed E-state index contributed by atoms with van der Waals surface area (Å²) >= 11 is 1.01. The molecule has 2 heterocycles. The van der Waals surface area contributed by atoms with Gasteiger partial charge in [-0.25, -0.2) is 0 Å². The Labute approximate surface area is 189 Å². The number of carbonyl (C=O) groups excluding carboxylic acids is 3. The summed E-state index contributed by atoms with van der Waals surface area (Å²) in [5.74, 6) is -0.260. The molecule has 0 radical (unpaired) electrons. The third kappa shape index (κ3) is 3.54. The van der Waals surface area contributed by atoms with Crippen molar-refractivity contribution >= 4 is 56.3 Å². The molecule has 4 aromatic rings. The molecule has 3 aromatic carbocycles. The Morgan fingerprint density at radius 2 is 1.78 bits per heavy atom. The van der Waals surface area contributed by atoms with E-state index in [0.29, 0.717) is 11.3 Å². The van der Waals surface area contributed by atoms with Crippen molar-refractivity contribution in [2.45, 2.75) is 20.0 Å². The van der Waals surface area contributed by atoms with Gasteiger partial charge in [-0.1, -0.05) is 42.1 Å². The average Bonchev–Trinajstić information content (AvgIpc) is 3.30. The molecule has 0 unspecified atom stereocenters. The monoisotopic (exact) mass is 443 g/mol. The molecule has 32 heavy (non-hydrogen) atoms. The Bertz CT molecular complexity index is 1380. The van der Waals surface area contributed by atoms with E-state index < -0.39 is 0 Å². The maximum atomic E-state index is 12.9. The molecular weight excluding hydrogens is 422 g/mol. The number of para-hydroxylation sites is 1. The van der Waals surface area contributed by atoms with E-state index >= 15 is 0 Å². The Kier molecular flexibility index (Phi) is 5.19. The van der Waals surface area contributed by atoms with Crippen LogP contribution in [0.3, 0.4) is 0 Å². The van der Waals surface area contributed by atoms with Gasteiger partial charge in [-0.3, -0.25) is 19.3 Å². The molecular formula is C25H21N3O3S. The summed E-state index contributed by atoms with van der Waals surface area (Å²) in [6, 6.07) is 21.2. The van der Waals surface area contributed by atoms with Crippen LogP contribution in [0.25, 0.3) is 21.8 Å². The molecule has 7 heteroatoms. The van der Waals surface area contributed by atoms with Gasteiger partial charge in [0.15, 0.2) is 0 Å². The Morgan fingerprint density at radius 1 is 0.969 bits per heavy atom. The predicted octanol–water partition coefficient (Wildman–Crippen LogP) is 5.26. The number of benzene rings is 3. The van der Waals surface area contributed by atoms with Gasteiger partial charge in [0.05, 0.1) is 12.3 Å². The summed E-state index contributed by atoms with van der Waals surface area (Å²) in [6.45, 7) is 3.16. The molecule has 1 aromatic heterocycles. The van der Waals surface area contributed by atoms with Crippen LogP contribution >= 0.6 is 11.8 Å². The first-order valence-corrected chi connectivity index (χ1v) is 11.4. The second kappa shape index (κ2) is 8.16. The van der Waals surface area contributed by atoms with E-state index in [9.17, 15) is 14.4 Å². The molecule has 0 atom stereocenters. The zero-order chi connectivity index (χ0) is 22.2. The second-order valence-electron chi connectivity index (χ2n) is 7.68. The second-order valence-corrected chi connectivity index (χ2v) is 8.61. The fourth-order valence-electron chi connectivity index (χ4n) is 4.20. The highest BCUT2D eigenvalue weighted by atomic mass is 32.2. The number of aromatic nitrogens is 1. The summed E-state index contributed by atoms with van der Waals surface area (Å²) in [7, 11) is 0. The van der Waals surface area contributed by atoms with Gasteiger partial charge >= 0.3 is 0 Å². The lowest BCUT2D eigenvalue weighted by Gasteiger charge is -2.13. The molecule has 1 aliphatic heterocycles. The van der Waals surface area contributed by atoms with Gasteiger partial charge in [0.25, 0.3) is 11.1 Å². The minimum atomic E-state index is -0.246. The Balaban J connectivity index is 1.41. The number of nitrogens with one attached hydrogen (secondary N) is 1. The average molecular weight is 444 g/mol. The first-order chi connectivity index (χ1) is 15.5. The molecule has 0 bridgehead atoms. The van der Waals surface area contributed by atoms with Crippen LogP contribution in [0.5, 0.6) is 0 Å². The number of anilines is 1. The van der Waals surface area contributed by atoms with Crippen molar-refractivity contribution in [3.63, 3.8) is 0 Å². The molecule has 5 rings (SSSR count). The highest BCUT2D eigenvalue weighted by Gasteiger charge is 2.29. The first kappa shape index (κ1) is 20.3. The first-order valence-electron chi connectivity index (χ1n) is 10.4. The van der Waals surface area contributed by atoms with E-state index in [1.54, 1.807) is 18.2 Å². The van der Waals surface area contributed by atoms with Crippen LogP contribution in [0.4, 0.5) is 10.5 Å². The number of aryl methyl sites for hydroxylation is 1. The summed E-state index contributed by atoms with van der Waals surface area (Å²) in [6.07, 6.45) is 0. The molecule has 0 aliphatic carbocycles. The van der Waals surface area contributed by atoms with Gasteiger partial charge in [-0.15, -0.1) is 0 Å². The van der Waals surface area contributed by atoms with Crippen LogP contribution in [0.15, 0.2) is 66.7 Å². The topological polar surface area (TPSA) is 71.4 Å². The van der Waals surface area contributed by atoms with Gasteiger partial charge in [0.1, 0.15) is 0 Å². The molecule has 0 saturated carbocycles. The molecule has 1 saturated heterocycles. The van der Waals surface area contributed by atoms with Crippen molar-refractivity contribution < 1.29 is 14.4 Å². The summed E-state index contributed by atoms with van der Waals surface area (Å²) in [5, 5.41) is 4.98. The maximum Gasteiger partial charge on any atom is 0.289 e. The van der Waals surface area contributed by atoms with Gasteiger partial charge in [-0.2, -0.15) is 0 Å². The lowest BCUT2D eigenvalue weighted by Crippen LogP contribution is -2.28. The lowest BCUT2D eigenvalue weighted by atomic mass is 10.1.